The van der Waals surface area contributed by atoms with Crippen LogP contribution in [0.3, 0.4) is 0 Å². The normalized spacial score (nSPS) is 17.7. The molecule has 0 saturated carbocycles. The third-order valence-corrected chi connectivity index (χ3v) is 7.06. The molecule has 1 unspecified atom stereocenters. The predicted molar refractivity (Wildman–Crippen MR) is 96.8 cm³/mol. The highest BCUT2D eigenvalue weighted by Gasteiger charge is 2.32. The topological polar surface area (TPSA) is 84.3 Å². The van der Waals surface area contributed by atoms with Gasteiger partial charge in [0, 0.05) is 19.1 Å². The van der Waals surface area contributed by atoms with Crippen LogP contribution in [0.5, 0.6) is 0 Å². The molecule has 25 heavy (non-hydrogen) atoms. The Morgan fingerprint density at radius 1 is 1.16 bits per heavy atom. The maximum Gasteiger partial charge on any atom is 0.246 e. The van der Waals surface area contributed by atoms with Gasteiger partial charge in [-0.15, -0.1) is 0 Å². The van der Waals surface area contributed by atoms with Gasteiger partial charge in [-0.05, 0) is 39.5 Å². The van der Waals surface area contributed by atoms with E-state index in [1.807, 2.05) is 20.8 Å². The Balaban J connectivity index is 2.21. The second kappa shape index (κ2) is 7.86. The van der Waals surface area contributed by atoms with E-state index in [0.29, 0.717) is 30.4 Å². The number of hydrogen-bond acceptors (Lipinski definition) is 4. The predicted octanol–water partition coefficient (Wildman–Crippen LogP) is 1.84. The maximum absolute atomic E-state index is 13.0. The monoisotopic (exact) mass is 370 g/mol. The van der Waals surface area contributed by atoms with E-state index in [1.54, 1.807) is 18.2 Å². The molecule has 0 aromatic carbocycles. The molecule has 1 aliphatic heterocycles. The summed E-state index contributed by atoms with van der Waals surface area (Å²) in [5.74, 6) is 0.174. The Morgan fingerprint density at radius 3 is 2.32 bits per heavy atom. The minimum atomic E-state index is -3.56. The first kappa shape index (κ1) is 19.9. The number of sulfonamides is 1. The number of aromatic nitrogens is 2. The quantitative estimate of drug-likeness (QED) is 0.828. The van der Waals surface area contributed by atoms with Crippen LogP contribution in [0.4, 0.5) is 0 Å². The number of aryl methyl sites for hydroxylation is 1. The Morgan fingerprint density at radius 2 is 1.76 bits per heavy atom. The van der Waals surface area contributed by atoms with Crippen LogP contribution in [-0.4, -0.2) is 47.5 Å². The molecule has 7 nitrogen and oxygen atoms in total. The van der Waals surface area contributed by atoms with Crippen molar-refractivity contribution < 1.29 is 13.2 Å². The molecule has 1 aliphatic rings. The van der Waals surface area contributed by atoms with E-state index >= 15 is 0 Å². The first-order valence-electron chi connectivity index (χ1n) is 8.98. The number of carbonyl (C=O) groups is 1. The van der Waals surface area contributed by atoms with Crippen molar-refractivity contribution >= 4 is 15.9 Å². The summed E-state index contributed by atoms with van der Waals surface area (Å²) in [5.41, 5.74) is 0.975. The van der Waals surface area contributed by atoms with Crippen LogP contribution >= 0.6 is 0 Å². The van der Waals surface area contributed by atoms with Gasteiger partial charge in [-0.1, -0.05) is 20.3 Å². The molecule has 1 atom stereocenters. The summed E-state index contributed by atoms with van der Waals surface area (Å²) < 4.78 is 29.0. The van der Waals surface area contributed by atoms with Crippen LogP contribution in [0.25, 0.3) is 0 Å². The van der Waals surface area contributed by atoms with Gasteiger partial charge in [-0.25, -0.2) is 8.42 Å². The minimum absolute atomic E-state index is 0.0270. The average molecular weight is 371 g/mol. The first-order valence-corrected chi connectivity index (χ1v) is 10.4. The highest BCUT2D eigenvalue weighted by molar-refractivity contribution is 7.89. The zero-order valence-electron chi connectivity index (χ0n) is 15.9. The highest BCUT2D eigenvalue weighted by Crippen LogP contribution is 2.26. The van der Waals surface area contributed by atoms with Crippen molar-refractivity contribution in [1.82, 2.24) is 19.4 Å². The lowest BCUT2D eigenvalue weighted by atomic mass is 10.1. The van der Waals surface area contributed by atoms with Crippen molar-refractivity contribution in [2.75, 3.05) is 13.1 Å². The van der Waals surface area contributed by atoms with Crippen LogP contribution in [0.2, 0.25) is 0 Å². The number of rotatable bonds is 6. The van der Waals surface area contributed by atoms with Gasteiger partial charge in [-0.2, -0.15) is 9.40 Å². The summed E-state index contributed by atoms with van der Waals surface area (Å²) in [6, 6.07) is 0.0565. The van der Waals surface area contributed by atoms with Crippen LogP contribution < -0.4 is 5.32 Å². The van der Waals surface area contributed by atoms with Crippen LogP contribution in [0.1, 0.15) is 51.4 Å². The fraction of sp³-hybridized carbons (Fsp3) is 0.765. The Bertz CT molecular complexity index is 718. The van der Waals surface area contributed by atoms with Gasteiger partial charge in [0.25, 0.3) is 0 Å². The molecule has 2 heterocycles. The standard InChI is InChI=1S/C17H30N4O3S/c1-12(2)13(3)18-16(22)11-21-15(5)17(14(4)19-21)25(23,24)20-9-7-6-8-10-20/h12-13H,6-11H2,1-5H3,(H,18,22). The second-order valence-electron chi connectivity index (χ2n) is 7.22. The van der Waals surface area contributed by atoms with E-state index in [9.17, 15) is 13.2 Å². The van der Waals surface area contributed by atoms with Gasteiger partial charge < -0.3 is 5.32 Å². The molecule has 0 spiro atoms. The van der Waals surface area contributed by atoms with Crippen LogP contribution in [0.15, 0.2) is 4.90 Å². The number of amides is 1. The largest absolute Gasteiger partial charge is 0.352 e. The van der Waals surface area contributed by atoms with E-state index in [2.05, 4.69) is 10.4 Å². The van der Waals surface area contributed by atoms with Crippen molar-refractivity contribution in [2.24, 2.45) is 5.92 Å². The summed E-state index contributed by atoms with van der Waals surface area (Å²) in [5, 5.41) is 7.24. The van der Waals surface area contributed by atoms with Crippen molar-refractivity contribution in [3.05, 3.63) is 11.4 Å². The number of piperidine rings is 1. The van der Waals surface area contributed by atoms with Gasteiger partial charge in [0.1, 0.15) is 11.4 Å². The smallest absolute Gasteiger partial charge is 0.246 e. The van der Waals surface area contributed by atoms with Gasteiger partial charge in [0.15, 0.2) is 0 Å². The lowest BCUT2D eigenvalue weighted by Crippen LogP contribution is -2.38. The number of nitrogens with zero attached hydrogens (tertiary/aromatic N) is 3. The summed E-state index contributed by atoms with van der Waals surface area (Å²) in [6.07, 6.45) is 2.85. The molecule has 0 aliphatic carbocycles. The molecule has 1 N–H and O–H groups in total. The Kier molecular flexibility index (Phi) is 6.26. The van der Waals surface area contributed by atoms with Crippen molar-refractivity contribution in [1.29, 1.82) is 0 Å². The summed E-state index contributed by atoms with van der Waals surface area (Å²) in [7, 11) is -3.56. The fourth-order valence-corrected chi connectivity index (χ4v) is 4.93. The lowest BCUT2D eigenvalue weighted by Gasteiger charge is -2.26. The third-order valence-electron chi connectivity index (χ3n) is 4.91. The molecular formula is C17H30N4O3S. The van der Waals surface area contributed by atoms with E-state index < -0.39 is 10.0 Å². The number of nitrogens with one attached hydrogen (secondary N) is 1. The summed E-state index contributed by atoms with van der Waals surface area (Å²) >= 11 is 0. The van der Waals surface area contributed by atoms with E-state index in [0.717, 1.165) is 19.3 Å². The summed E-state index contributed by atoms with van der Waals surface area (Å²) in [6.45, 7) is 10.6. The SMILES string of the molecule is Cc1nn(CC(=O)NC(C)C(C)C)c(C)c1S(=O)(=O)N1CCCCC1. The molecule has 1 aromatic rings. The third kappa shape index (κ3) is 4.41. The molecular weight excluding hydrogens is 340 g/mol. The molecule has 1 saturated heterocycles. The molecule has 0 bridgehead atoms. The molecule has 2 rings (SSSR count). The van der Waals surface area contributed by atoms with E-state index in [1.165, 1.54) is 4.68 Å². The summed E-state index contributed by atoms with van der Waals surface area (Å²) in [4.78, 5) is 12.5. The van der Waals surface area contributed by atoms with Gasteiger partial charge in [0.2, 0.25) is 15.9 Å². The minimum Gasteiger partial charge on any atom is -0.352 e. The maximum atomic E-state index is 13.0. The van der Waals surface area contributed by atoms with Gasteiger partial charge >= 0.3 is 0 Å². The molecule has 8 heteroatoms. The van der Waals surface area contributed by atoms with Crippen LogP contribution in [-0.2, 0) is 21.4 Å². The zero-order valence-corrected chi connectivity index (χ0v) is 16.7. The van der Waals surface area contributed by atoms with Crippen molar-refractivity contribution in [3.63, 3.8) is 0 Å². The molecule has 142 valence electrons. The second-order valence-corrected chi connectivity index (χ2v) is 9.10. The molecule has 1 fully saturated rings. The molecule has 1 amide bonds. The molecule has 0 radical (unpaired) electrons. The Hall–Kier alpha value is -1.41. The van der Waals surface area contributed by atoms with E-state index in [4.69, 9.17) is 0 Å². The van der Waals surface area contributed by atoms with Crippen LogP contribution in [0, 0.1) is 19.8 Å². The van der Waals surface area contributed by atoms with Gasteiger partial charge in [0.05, 0.1) is 11.4 Å². The Labute approximate surface area is 150 Å². The fourth-order valence-electron chi connectivity index (χ4n) is 3.04. The zero-order chi connectivity index (χ0) is 18.8. The lowest BCUT2D eigenvalue weighted by molar-refractivity contribution is -0.122. The number of carbonyl (C=O) groups excluding carboxylic acids is 1. The molecule has 1 aromatic heterocycles. The average Bonchev–Trinajstić information content (AvgIpc) is 2.82. The van der Waals surface area contributed by atoms with E-state index in [-0.39, 0.29) is 23.4 Å². The number of hydrogen-bond donors (Lipinski definition) is 1. The van der Waals surface area contributed by atoms with Crippen molar-refractivity contribution in [3.8, 4) is 0 Å². The van der Waals surface area contributed by atoms with Gasteiger partial charge in [-0.3, -0.25) is 9.48 Å². The highest BCUT2D eigenvalue weighted by atomic mass is 32.2. The van der Waals surface area contributed by atoms with Crippen molar-refractivity contribution in [2.45, 2.75) is 71.4 Å². The first-order chi connectivity index (χ1) is 11.6.